The molecule has 0 radical (unpaired) electrons. The van der Waals surface area contributed by atoms with Crippen molar-refractivity contribution in [2.45, 2.75) is 19.3 Å². The summed E-state index contributed by atoms with van der Waals surface area (Å²) in [6.45, 7) is 1.50. The summed E-state index contributed by atoms with van der Waals surface area (Å²) in [6, 6.07) is 16.8. The van der Waals surface area contributed by atoms with Crippen LogP contribution in [0.2, 0.25) is 0 Å². The lowest BCUT2D eigenvalue weighted by atomic mass is 10.1. The number of benzene rings is 2. The van der Waals surface area contributed by atoms with Gasteiger partial charge >= 0.3 is 0 Å². The maximum absolute atomic E-state index is 12.6. The lowest BCUT2D eigenvalue weighted by Crippen LogP contribution is -2.30. The van der Waals surface area contributed by atoms with Gasteiger partial charge in [-0.1, -0.05) is 30.3 Å². The van der Waals surface area contributed by atoms with Crippen molar-refractivity contribution in [3.63, 3.8) is 0 Å². The molecule has 1 atom stereocenters. The summed E-state index contributed by atoms with van der Waals surface area (Å²) < 4.78 is 25.4. The molecule has 0 bridgehead atoms. The molecule has 8 heteroatoms. The van der Waals surface area contributed by atoms with Gasteiger partial charge in [-0.3, -0.25) is 13.9 Å². The summed E-state index contributed by atoms with van der Waals surface area (Å²) in [4.78, 5) is 26.7. The van der Waals surface area contributed by atoms with Gasteiger partial charge in [0.05, 0.1) is 17.4 Å². The molecule has 0 spiro atoms. The van der Waals surface area contributed by atoms with E-state index in [9.17, 15) is 18.0 Å². The number of hydrogen-bond donors (Lipinski definition) is 1. The van der Waals surface area contributed by atoms with Crippen LogP contribution in [-0.4, -0.2) is 50.5 Å². The van der Waals surface area contributed by atoms with Gasteiger partial charge in [-0.25, -0.2) is 8.42 Å². The van der Waals surface area contributed by atoms with Gasteiger partial charge in [0.25, 0.3) is 0 Å². The summed E-state index contributed by atoms with van der Waals surface area (Å²) in [5.74, 6) is -0.401. The zero-order valence-corrected chi connectivity index (χ0v) is 17.5. The van der Waals surface area contributed by atoms with Crippen LogP contribution >= 0.6 is 0 Å². The maximum atomic E-state index is 12.6. The molecular formula is C22H25N3O4S. The van der Waals surface area contributed by atoms with Gasteiger partial charge in [0.15, 0.2) is 0 Å². The van der Waals surface area contributed by atoms with Crippen LogP contribution in [0.1, 0.15) is 18.4 Å². The average Bonchev–Trinajstić information content (AvgIpc) is 3.29. The van der Waals surface area contributed by atoms with Gasteiger partial charge in [-0.15, -0.1) is 0 Å². The molecule has 0 aliphatic carbocycles. The minimum absolute atomic E-state index is 0.000620. The zero-order chi connectivity index (χ0) is 21.1. The molecule has 2 aromatic carbocycles. The summed E-state index contributed by atoms with van der Waals surface area (Å²) in [7, 11) is -3.22. The Labute approximate surface area is 176 Å². The second kappa shape index (κ2) is 8.47. The molecule has 2 aromatic rings. The van der Waals surface area contributed by atoms with Crippen molar-refractivity contribution in [2.75, 3.05) is 35.0 Å². The van der Waals surface area contributed by atoms with Gasteiger partial charge in [0.2, 0.25) is 21.8 Å². The van der Waals surface area contributed by atoms with Crippen molar-refractivity contribution in [3.8, 4) is 0 Å². The first-order valence-electron chi connectivity index (χ1n) is 10.2. The van der Waals surface area contributed by atoms with E-state index in [1.54, 1.807) is 29.2 Å². The largest absolute Gasteiger partial charge is 0.342 e. The van der Waals surface area contributed by atoms with E-state index in [4.69, 9.17) is 0 Å². The molecule has 0 aromatic heterocycles. The minimum Gasteiger partial charge on any atom is -0.342 e. The normalized spacial score (nSPS) is 20.5. The molecule has 2 heterocycles. The summed E-state index contributed by atoms with van der Waals surface area (Å²) >= 11 is 0. The fraction of sp³-hybridized carbons (Fsp3) is 0.364. The molecule has 0 saturated carbocycles. The molecule has 4 rings (SSSR count). The minimum atomic E-state index is -3.22. The fourth-order valence-corrected chi connectivity index (χ4v) is 5.52. The molecule has 2 aliphatic rings. The number of nitrogens with one attached hydrogen (secondary N) is 1. The highest BCUT2D eigenvalue weighted by molar-refractivity contribution is 7.93. The van der Waals surface area contributed by atoms with Crippen LogP contribution in [0.4, 0.5) is 11.4 Å². The van der Waals surface area contributed by atoms with Gasteiger partial charge in [-0.05, 0) is 42.7 Å². The number of carbonyl (C=O) groups is 2. The third-order valence-electron chi connectivity index (χ3n) is 5.62. The van der Waals surface area contributed by atoms with Crippen molar-refractivity contribution >= 4 is 33.2 Å². The van der Waals surface area contributed by atoms with Crippen LogP contribution < -0.4 is 9.62 Å². The number of rotatable bonds is 6. The van der Waals surface area contributed by atoms with Crippen molar-refractivity contribution < 1.29 is 18.0 Å². The van der Waals surface area contributed by atoms with Crippen molar-refractivity contribution in [1.82, 2.24) is 4.90 Å². The fourth-order valence-electron chi connectivity index (χ4n) is 3.96. The lowest BCUT2D eigenvalue weighted by molar-refractivity contribution is -0.128. The molecular weight excluding hydrogens is 402 g/mol. The number of amides is 2. The predicted molar refractivity (Wildman–Crippen MR) is 116 cm³/mol. The molecule has 1 unspecified atom stereocenters. The van der Waals surface area contributed by atoms with Gasteiger partial charge in [0.1, 0.15) is 0 Å². The first kappa shape index (κ1) is 20.4. The van der Waals surface area contributed by atoms with Crippen LogP contribution in [0.15, 0.2) is 54.6 Å². The quantitative estimate of drug-likeness (QED) is 0.766. The molecule has 1 N–H and O–H groups in total. The predicted octanol–water partition coefficient (Wildman–Crippen LogP) is 2.26. The standard InChI is InChI=1S/C22H25N3O4S/c26-21-15-18(16-24(21)13-11-17-5-2-1-3-6-17)22(27)23-19-7-9-20(10-8-19)25-12-4-14-30(25,28)29/h1-3,5-10,18H,4,11-16H2,(H,23,27). The SMILES string of the molecule is O=C(Nc1ccc(N2CCCS2(=O)=O)cc1)C1CC(=O)N(CCc2ccccc2)C1. The molecule has 7 nitrogen and oxygen atoms in total. The van der Waals surface area contributed by atoms with E-state index in [2.05, 4.69) is 5.32 Å². The highest BCUT2D eigenvalue weighted by Crippen LogP contribution is 2.26. The van der Waals surface area contributed by atoms with Gasteiger partial charge in [-0.2, -0.15) is 0 Å². The maximum Gasteiger partial charge on any atom is 0.235 e. The van der Waals surface area contributed by atoms with Crippen LogP contribution in [0, 0.1) is 5.92 Å². The molecule has 30 heavy (non-hydrogen) atoms. The van der Waals surface area contributed by atoms with E-state index in [0.717, 1.165) is 6.42 Å². The Morgan fingerprint density at radius 3 is 2.47 bits per heavy atom. The van der Waals surface area contributed by atoms with Crippen molar-refractivity contribution in [3.05, 3.63) is 60.2 Å². The highest BCUT2D eigenvalue weighted by atomic mass is 32.2. The van der Waals surface area contributed by atoms with Crippen molar-refractivity contribution in [2.24, 2.45) is 5.92 Å². The Bertz CT molecular complexity index is 1020. The Hall–Kier alpha value is -2.87. The van der Waals surface area contributed by atoms with Crippen LogP contribution in [0.3, 0.4) is 0 Å². The lowest BCUT2D eigenvalue weighted by Gasteiger charge is -2.18. The van der Waals surface area contributed by atoms with E-state index in [0.29, 0.717) is 37.4 Å². The monoisotopic (exact) mass is 427 g/mol. The number of hydrogen-bond acceptors (Lipinski definition) is 4. The molecule has 2 aliphatic heterocycles. The third kappa shape index (κ3) is 4.48. The van der Waals surface area contributed by atoms with Crippen molar-refractivity contribution in [1.29, 1.82) is 0 Å². The average molecular weight is 428 g/mol. The Kier molecular flexibility index (Phi) is 5.76. The molecule has 2 amide bonds. The van der Waals surface area contributed by atoms with Gasteiger partial charge in [0, 0.05) is 31.7 Å². The highest BCUT2D eigenvalue weighted by Gasteiger charge is 2.34. The summed E-state index contributed by atoms with van der Waals surface area (Å²) in [6.07, 6.45) is 1.60. The summed E-state index contributed by atoms with van der Waals surface area (Å²) in [5, 5.41) is 2.85. The number of sulfonamides is 1. The van der Waals surface area contributed by atoms with Crippen LogP contribution in [0.25, 0.3) is 0 Å². The first-order valence-corrected chi connectivity index (χ1v) is 11.8. The third-order valence-corrected chi connectivity index (χ3v) is 7.49. The van der Waals surface area contributed by atoms with E-state index >= 15 is 0 Å². The van der Waals surface area contributed by atoms with Gasteiger partial charge < -0.3 is 10.2 Å². The van der Waals surface area contributed by atoms with Crippen LogP contribution in [0.5, 0.6) is 0 Å². The van der Waals surface area contributed by atoms with Crippen LogP contribution in [-0.2, 0) is 26.0 Å². The Balaban J connectivity index is 1.32. The van der Waals surface area contributed by atoms with E-state index in [-0.39, 0.29) is 29.9 Å². The Morgan fingerprint density at radius 1 is 1.07 bits per heavy atom. The second-order valence-electron chi connectivity index (χ2n) is 7.75. The number of likely N-dealkylation sites (tertiary alicyclic amines) is 1. The number of carbonyl (C=O) groups excluding carboxylic acids is 2. The smallest absolute Gasteiger partial charge is 0.235 e. The molecule has 2 fully saturated rings. The molecule has 158 valence electrons. The summed E-state index contributed by atoms with van der Waals surface area (Å²) in [5.41, 5.74) is 2.36. The van der Waals surface area contributed by atoms with E-state index < -0.39 is 10.0 Å². The first-order chi connectivity index (χ1) is 14.4. The molecule has 2 saturated heterocycles. The number of nitrogens with zero attached hydrogens (tertiary/aromatic N) is 2. The zero-order valence-electron chi connectivity index (χ0n) is 16.7. The van der Waals surface area contributed by atoms with E-state index in [1.807, 2.05) is 30.3 Å². The topological polar surface area (TPSA) is 86.8 Å². The number of anilines is 2. The second-order valence-corrected chi connectivity index (χ2v) is 9.77. The Morgan fingerprint density at radius 2 is 1.80 bits per heavy atom. The van der Waals surface area contributed by atoms with E-state index in [1.165, 1.54) is 9.87 Å².